The minimum Gasteiger partial charge on any atom is -0.493 e. The van der Waals surface area contributed by atoms with Gasteiger partial charge in [-0.2, -0.15) is 9.97 Å². The highest BCUT2D eigenvalue weighted by Gasteiger charge is 2.20. The van der Waals surface area contributed by atoms with Gasteiger partial charge in [-0.15, -0.1) is 0 Å². The molecule has 6 aromatic rings. The largest absolute Gasteiger partial charge is 0.493 e. The number of aromatic hydroxyl groups is 2. The van der Waals surface area contributed by atoms with E-state index in [2.05, 4.69) is 40.5 Å². The van der Waals surface area contributed by atoms with Gasteiger partial charge in [-0.3, -0.25) is 19.6 Å². The second-order valence-corrected chi connectivity index (χ2v) is 12.2. The fraction of sp³-hybridized carbons (Fsp3) is 0.111. The Hall–Kier alpha value is -6.73. The summed E-state index contributed by atoms with van der Waals surface area (Å²) in [4.78, 5) is 50.2. The van der Waals surface area contributed by atoms with Gasteiger partial charge >= 0.3 is 8.25 Å². The van der Waals surface area contributed by atoms with Crippen molar-refractivity contribution in [2.24, 2.45) is 0 Å². The molecular formula is C36H31N8O7P. The van der Waals surface area contributed by atoms with Gasteiger partial charge in [0.25, 0.3) is 11.8 Å². The van der Waals surface area contributed by atoms with Gasteiger partial charge in [0, 0.05) is 24.8 Å². The zero-order valence-electron chi connectivity index (χ0n) is 27.7. The van der Waals surface area contributed by atoms with Crippen molar-refractivity contribution in [3.8, 4) is 46.3 Å². The zero-order valence-corrected chi connectivity index (χ0v) is 28.7. The van der Waals surface area contributed by atoms with Crippen LogP contribution in [0.15, 0.2) is 110 Å². The molecule has 2 aromatic carbocycles. The number of pyridine rings is 2. The van der Waals surface area contributed by atoms with Gasteiger partial charge in [-0.25, -0.2) is 14.5 Å². The molecule has 0 aliphatic heterocycles. The molecule has 6 rings (SSSR count). The van der Waals surface area contributed by atoms with Gasteiger partial charge in [-0.05, 0) is 73.5 Å². The van der Waals surface area contributed by atoms with Crippen LogP contribution >= 0.6 is 8.25 Å². The number of hydrogen-bond donors (Lipinski definition) is 4. The lowest BCUT2D eigenvalue weighted by molar-refractivity contribution is 0.0927. The molecule has 0 spiro atoms. The van der Waals surface area contributed by atoms with Crippen molar-refractivity contribution in [1.29, 1.82) is 0 Å². The van der Waals surface area contributed by atoms with Crippen LogP contribution in [0, 0.1) is 0 Å². The van der Waals surface area contributed by atoms with E-state index in [1.165, 1.54) is 12.4 Å². The van der Waals surface area contributed by atoms with Crippen molar-refractivity contribution in [1.82, 2.24) is 40.5 Å². The SMILES string of the molecule is C[C@@H](NC(=O)c1cnc(-c2ccccn2)nc1O)c1ccc(O[PH](=O)Oc2ccc([C@@H](C)NC(=O)c3cnc(-c4ccccn4)nc3O)cc2)cc1. The molecule has 0 saturated heterocycles. The van der Waals surface area contributed by atoms with E-state index in [9.17, 15) is 24.4 Å². The normalized spacial score (nSPS) is 12.1. The van der Waals surface area contributed by atoms with Crippen molar-refractivity contribution in [3.63, 3.8) is 0 Å². The molecule has 0 bridgehead atoms. The number of amides is 2. The van der Waals surface area contributed by atoms with Crippen LogP contribution in [0.5, 0.6) is 23.3 Å². The summed E-state index contributed by atoms with van der Waals surface area (Å²) in [7, 11) is -3.01. The highest BCUT2D eigenvalue weighted by atomic mass is 31.1. The summed E-state index contributed by atoms with van der Waals surface area (Å²) in [6.45, 7) is 3.52. The van der Waals surface area contributed by atoms with Crippen LogP contribution < -0.4 is 19.7 Å². The summed E-state index contributed by atoms with van der Waals surface area (Å²) in [5, 5.41) is 26.3. The minimum atomic E-state index is -3.01. The second kappa shape index (κ2) is 15.9. The van der Waals surface area contributed by atoms with Crippen molar-refractivity contribution < 1.29 is 33.4 Å². The maximum atomic E-state index is 12.8. The standard InChI is InChI=1S/C36H31N8O7P/c1-21(41-33(45)27-19-39-31(43-35(27)47)29-7-3-5-17-37-29)23-9-13-25(14-10-23)50-52(49)51-26-15-11-24(12-16-26)22(2)42-34(46)28-20-40-32(44-36(28)48)30-8-4-6-18-38-30/h3-22,52H,1-2H3,(H,41,45)(H,42,46)(H,39,43,47)(H,40,44,48)/t21-,22-/m1/s1. The van der Waals surface area contributed by atoms with Crippen LogP contribution in [-0.2, 0) is 4.57 Å². The second-order valence-electron chi connectivity index (χ2n) is 11.3. The monoisotopic (exact) mass is 718 g/mol. The Morgan fingerprint density at radius 1 is 0.615 bits per heavy atom. The highest BCUT2D eigenvalue weighted by molar-refractivity contribution is 7.34. The summed E-state index contributed by atoms with van der Waals surface area (Å²) in [5.41, 5.74) is 2.17. The molecule has 15 nitrogen and oxygen atoms in total. The van der Waals surface area contributed by atoms with E-state index < -0.39 is 43.9 Å². The third kappa shape index (κ3) is 8.52. The summed E-state index contributed by atoms with van der Waals surface area (Å²) in [6.07, 6.45) is 5.62. The number of nitrogens with zero attached hydrogens (tertiary/aromatic N) is 6. The Labute approximate surface area is 297 Å². The van der Waals surface area contributed by atoms with Crippen LogP contribution in [0.1, 0.15) is 57.8 Å². The molecule has 0 saturated carbocycles. The van der Waals surface area contributed by atoms with Crippen LogP contribution in [0.4, 0.5) is 0 Å². The predicted octanol–water partition coefficient (Wildman–Crippen LogP) is 5.63. The highest BCUT2D eigenvalue weighted by Crippen LogP contribution is 2.32. The predicted molar refractivity (Wildman–Crippen MR) is 189 cm³/mol. The summed E-state index contributed by atoms with van der Waals surface area (Å²) in [6, 6.07) is 22.6. The summed E-state index contributed by atoms with van der Waals surface area (Å²) in [5.74, 6) is -1.13. The number of hydrogen-bond acceptors (Lipinski definition) is 13. The lowest BCUT2D eigenvalue weighted by Gasteiger charge is -2.16. The number of benzene rings is 2. The van der Waals surface area contributed by atoms with Gasteiger partial charge in [0.15, 0.2) is 11.6 Å². The van der Waals surface area contributed by atoms with Crippen LogP contribution in [0.25, 0.3) is 23.0 Å². The maximum absolute atomic E-state index is 12.8. The van der Waals surface area contributed by atoms with Crippen molar-refractivity contribution in [2.45, 2.75) is 25.9 Å². The molecule has 0 radical (unpaired) electrons. The van der Waals surface area contributed by atoms with Crippen LogP contribution in [0.3, 0.4) is 0 Å². The summed E-state index contributed by atoms with van der Waals surface area (Å²) >= 11 is 0. The van der Waals surface area contributed by atoms with Gasteiger partial charge in [0.05, 0.1) is 12.1 Å². The van der Waals surface area contributed by atoms with E-state index in [4.69, 9.17) is 9.05 Å². The number of carbonyl (C=O) groups excluding carboxylic acids is 2. The maximum Gasteiger partial charge on any atom is 0.418 e. The van der Waals surface area contributed by atoms with Gasteiger partial charge in [0.2, 0.25) is 11.8 Å². The average Bonchev–Trinajstić information content (AvgIpc) is 3.15. The Morgan fingerprint density at radius 2 is 1.02 bits per heavy atom. The Morgan fingerprint density at radius 3 is 1.37 bits per heavy atom. The zero-order chi connectivity index (χ0) is 36.6. The summed E-state index contributed by atoms with van der Waals surface area (Å²) < 4.78 is 23.6. The minimum absolute atomic E-state index is 0.0898. The fourth-order valence-electron chi connectivity index (χ4n) is 4.88. The molecule has 262 valence electrons. The first-order valence-electron chi connectivity index (χ1n) is 15.8. The van der Waals surface area contributed by atoms with Crippen molar-refractivity contribution in [2.75, 3.05) is 0 Å². The molecule has 52 heavy (non-hydrogen) atoms. The smallest absolute Gasteiger partial charge is 0.418 e. The lowest BCUT2D eigenvalue weighted by atomic mass is 10.1. The lowest BCUT2D eigenvalue weighted by Crippen LogP contribution is -2.27. The van der Waals surface area contributed by atoms with Crippen LogP contribution in [-0.4, -0.2) is 51.9 Å². The Kier molecular flexibility index (Phi) is 10.7. The molecule has 0 fully saturated rings. The first-order chi connectivity index (χ1) is 25.1. The van der Waals surface area contributed by atoms with E-state index in [0.717, 1.165) is 0 Å². The number of nitrogens with one attached hydrogen (secondary N) is 2. The fourth-order valence-corrected chi connectivity index (χ4v) is 5.58. The molecular weight excluding hydrogens is 687 g/mol. The molecule has 0 unspecified atom stereocenters. The first-order valence-corrected chi connectivity index (χ1v) is 17.0. The molecule has 2 atom stereocenters. The number of aromatic nitrogens is 6. The van der Waals surface area contributed by atoms with Crippen molar-refractivity contribution >= 4 is 20.1 Å². The van der Waals surface area contributed by atoms with E-state index in [0.29, 0.717) is 22.5 Å². The number of carbonyl (C=O) groups is 2. The Balaban J connectivity index is 0.984. The molecule has 0 aliphatic rings. The number of rotatable bonds is 12. The molecule has 16 heteroatoms. The van der Waals surface area contributed by atoms with E-state index in [-0.39, 0.29) is 34.3 Å². The Bertz CT molecular complexity index is 2060. The van der Waals surface area contributed by atoms with Gasteiger partial charge < -0.3 is 29.9 Å². The van der Waals surface area contributed by atoms with Gasteiger partial charge in [0.1, 0.15) is 34.0 Å². The van der Waals surface area contributed by atoms with E-state index >= 15 is 0 Å². The third-order valence-electron chi connectivity index (χ3n) is 7.67. The third-order valence-corrected chi connectivity index (χ3v) is 8.48. The molecule has 2 amide bonds. The first kappa shape index (κ1) is 35.1. The molecule has 4 heterocycles. The average molecular weight is 719 g/mol. The van der Waals surface area contributed by atoms with Crippen molar-refractivity contribution in [3.05, 3.63) is 132 Å². The van der Waals surface area contributed by atoms with Gasteiger partial charge in [-0.1, -0.05) is 36.4 Å². The quantitative estimate of drug-likeness (QED) is 0.113. The molecule has 4 N–H and O–H groups in total. The van der Waals surface area contributed by atoms with E-state index in [1.807, 2.05) is 0 Å². The topological polar surface area (TPSA) is 212 Å². The van der Waals surface area contributed by atoms with E-state index in [1.54, 1.807) is 111 Å². The molecule has 0 aliphatic carbocycles. The van der Waals surface area contributed by atoms with Crippen LogP contribution in [0.2, 0.25) is 0 Å². The molecule has 4 aromatic heterocycles.